The summed E-state index contributed by atoms with van der Waals surface area (Å²) in [6, 6.07) is 6.02. The molecule has 0 unspecified atom stereocenters. The van der Waals surface area contributed by atoms with Gasteiger partial charge in [0, 0.05) is 20.0 Å². The molecule has 1 aliphatic heterocycles. The average molecular weight is 276 g/mol. The molecule has 0 aliphatic carbocycles. The fraction of sp³-hybridized carbons (Fsp3) is 0.357. The van der Waals surface area contributed by atoms with Gasteiger partial charge >= 0.3 is 12.0 Å². The topological polar surface area (TPSA) is 66.9 Å². The first-order valence-electron chi connectivity index (χ1n) is 6.40. The fourth-order valence-electron chi connectivity index (χ4n) is 2.04. The van der Waals surface area contributed by atoms with Gasteiger partial charge in [-0.15, -0.1) is 0 Å². The summed E-state index contributed by atoms with van der Waals surface area (Å²) in [5, 5.41) is 0. The van der Waals surface area contributed by atoms with Gasteiger partial charge in [-0.05, 0) is 19.1 Å². The number of carbonyl (C=O) groups excluding carboxylic acids is 3. The molecule has 20 heavy (non-hydrogen) atoms. The van der Waals surface area contributed by atoms with E-state index < -0.39 is 12.0 Å². The number of amides is 3. The maximum atomic E-state index is 12.1. The minimum atomic E-state index is -0.545. The number of esters is 1. The number of hydrogen-bond donors (Lipinski definition) is 0. The van der Waals surface area contributed by atoms with Gasteiger partial charge in [-0.25, -0.2) is 14.5 Å². The first kappa shape index (κ1) is 14.0. The van der Waals surface area contributed by atoms with Gasteiger partial charge in [0.25, 0.3) is 0 Å². The number of para-hydroxylation sites is 1. The Bertz CT molecular complexity index is 556. The van der Waals surface area contributed by atoms with Crippen molar-refractivity contribution in [3.63, 3.8) is 0 Å². The number of carbonyl (C=O) groups is 3. The van der Waals surface area contributed by atoms with Crippen molar-refractivity contribution in [1.29, 1.82) is 0 Å². The van der Waals surface area contributed by atoms with Gasteiger partial charge in [-0.3, -0.25) is 4.79 Å². The second-order valence-electron chi connectivity index (χ2n) is 4.42. The number of ether oxygens (including phenoxy) is 1. The summed E-state index contributed by atoms with van der Waals surface area (Å²) in [5.74, 6) is -0.859. The van der Waals surface area contributed by atoms with Gasteiger partial charge in [0.15, 0.2) is 0 Å². The first-order valence-corrected chi connectivity index (χ1v) is 6.40. The second kappa shape index (κ2) is 5.73. The Kier molecular flexibility index (Phi) is 4.02. The normalized spacial score (nSPS) is 15.5. The van der Waals surface area contributed by atoms with Gasteiger partial charge in [-0.1, -0.05) is 12.1 Å². The molecule has 3 amide bonds. The lowest BCUT2D eigenvalue weighted by Crippen LogP contribution is -2.51. The smallest absolute Gasteiger partial charge is 0.340 e. The Hall–Kier alpha value is -2.37. The van der Waals surface area contributed by atoms with Crippen molar-refractivity contribution in [2.24, 2.45) is 0 Å². The summed E-state index contributed by atoms with van der Waals surface area (Å²) in [4.78, 5) is 38.6. The molecule has 1 heterocycles. The molecule has 1 aromatic carbocycles. The number of hydrogen-bond acceptors (Lipinski definition) is 4. The van der Waals surface area contributed by atoms with Gasteiger partial charge in [0.05, 0.1) is 17.9 Å². The summed E-state index contributed by atoms with van der Waals surface area (Å²) in [7, 11) is 1.62. The second-order valence-corrected chi connectivity index (χ2v) is 4.42. The predicted octanol–water partition coefficient (Wildman–Crippen LogP) is 1.65. The minimum absolute atomic E-state index is 0.214. The highest BCUT2D eigenvalue weighted by Gasteiger charge is 2.33. The number of anilines is 1. The van der Waals surface area contributed by atoms with E-state index in [1.165, 1.54) is 4.90 Å². The summed E-state index contributed by atoms with van der Waals surface area (Å²) in [6.07, 6.45) is 0.236. The number of nitrogens with zero attached hydrogens (tertiary/aromatic N) is 2. The summed E-state index contributed by atoms with van der Waals surface area (Å²) >= 11 is 0. The molecule has 106 valence electrons. The van der Waals surface area contributed by atoms with Crippen molar-refractivity contribution < 1.29 is 19.1 Å². The van der Waals surface area contributed by atoms with Crippen molar-refractivity contribution in [3.8, 4) is 0 Å². The molecule has 6 heteroatoms. The number of urea groups is 1. The van der Waals surface area contributed by atoms with E-state index in [0.29, 0.717) is 6.54 Å². The maximum absolute atomic E-state index is 12.1. The van der Waals surface area contributed by atoms with Crippen LogP contribution in [0.2, 0.25) is 0 Å². The molecule has 1 aliphatic rings. The molecule has 1 fully saturated rings. The Balaban J connectivity index is 2.43. The lowest BCUT2D eigenvalue weighted by molar-refractivity contribution is -0.119. The zero-order chi connectivity index (χ0) is 14.7. The molecule has 0 spiro atoms. The number of imide groups is 1. The van der Waals surface area contributed by atoms with Crippen LogP contribution in [0.4, 0.5) is 10.5 Å². The van der Waals surface area contributed by atoms with Gasteiger partial charge < -0.3 is 9.64 Å². The van der Waals surface area contributed by atoms with E-state index >= 15 is 0 Å². The Morgan fingerprint density at radius 2 is 2.00 bits per heavy atom. The van der Waals surface area contributed by atoms with Crippen LogP contribution in [0.15, 0.2) is 24.3 Å². The molecule has 0 bridgehead atoms. The first-order chi connectivity index (χ1) is 9.56. The van der Waals surface area contributed by atoms with Crippen LogP contribution in [0.5, 0.6) is 0 Å². The molecule has 1 aromatic rings. The van der Waals surface area contributed by atoms with E-state index in [0.717, 1.165) is 4.90 Å². The summed E-state index contributed by atoms with van der Waals surface area (Å²) in [5.41, 5.74) is 0.485. The zero-order valence-electron chi connectivity index (χ0n) is 11.5. The lowest BCUT2D eigenvalue weighted by Gasteiger charge is -2.32. The van der Waals surface area contributed by atoms with Crippen molar-refractivity contribution in [3.05, 3.63) is 29.8 Å². The van der Waals surface area contributed by atoms with E-state index in [1.807, 2.05) is 0 Å². The average Bonchev–Trinajstić information content (AvgIpc) is 2.44. The molecule has 0 saturated carbocycles. The van der Waals surface area contributed by atoms with Gasteiger partial charge in [-0.2, -0.15) is 0 Å². The van der Waals surface area contributed by atoms with Crippen LogP contribution in [-0.4, -0.2) is 43.0 Å². The third-order valence-corrected chi connectivity index (χ3v) is 3.07. The highest BCUT2D eigenvalue weighted by molar-refractivity contribution is 6.18. The van der Waals surface area contributed by atoms with Crippen LogP contribution in [0.3, 0.4) is 0 Å². The number of benzene rings is 1. The number of rotatable bonds is 3. The third-order valence-electron chi connectivity index (χ3n) is 3.07. The van der Waals surface area contributed by atoms with E-state index in [1.54, 1.807) is 38.2 Å². The van der Waals surface area contributed by atoms with E-state index in [9.17, 15) is 14.4 Å². The molecule has 0 aromatic heterocycles. The molecular weight excluding hydrogens is 260 g/mol. The largest absolute Gasteiger partial charge is 0.462 e. The lowest BCUT2D eigenvalue weighted by atomic mass is 10.1. The fourth-order valence-corrected chi connectivity index (χ4v) is 2.04. The predicted molar refractivity (Wildman–Crippen MR) is 72.5 cm³/mol. The summed E-state index contributed by atoms with van der Waals surface area (Å²) in [6.45, 7) is 2.32. The van der Waals surface area contributed by atoms with Crippen LogP contribution in [0.1, 0.15) is 23.7 Å². The van der Waals surface area contributed by atoms with Crippen LogP contribution in [0.25, 0.3) is 0 Å². The van der Waals surface area contributed by atoms with E-state index in [2.05, 4.69) is 0 Å². The highest BCUT2D eigenvalue weighted by Crippen LogP contribution is 2.25. The Labute approximate surface area is 116 Å². The third kappa shape index (κ3) is 2.49. The molecule has 0 N–H and O–H groups in total. The minimum Gasteiger partial charge on any atom is -0.462 e. The van der Waals surface area contributed by atoms with E-state index in [4.69, 9.17) is 4.74 Å². The van der Waals surface area contributed by atoms with Crippen LogP contribution < -0.4 is 4.90 Å². The van der Waals surface area contributed by atoms with E-state index in [-0.39, 0.29) is 30.2 Å². The summed E-state index contributed by atoms with van der Waals surface area (Å²) < 4.78 is 4.95. The van der Waals surface area contributed by atoms with Gasteiger partial charge in [0.1, 0.15) is 0 Å². The van der Waals surface area contributed by atoms with Gasteiger partial charge in [0.2, 0.25) is 5.91 Å². The standard InChI is InChI=1S/C14H16N2O4/c1-3-20-13(18)10-6-4-5-7-11(10)16-12(17)8-9-15(2)14(16)19/h4-7H,3,8-9H2,1-2H3. The molecular formula is C14H16N2O4. The molecule has 2 rings (SSSR count). The quantitative estimate of drug-likeness (QED) is 0.787. The molecule has 1 saturated heterocycles. The molecule has 0 atom stereocenters. The van der Waals surface area contributed by atoms with Crippen molar-refractivity contribution in [1.82, 2.24) is 4.90 Å². The van der Waals surface area contributed by atoms with Crippen molar-refractivity contribution >= 4 is 23.6 Å². The Morgan fingerprint density at radius 1 is 1.30 bits per heavy atom. The van der Waals surface area contributed by atoms with Crippen LogP contribution in [0, 0.1) is 0 Å². The molecule has 6 nitrogen and oxygen atoms in total. The SMILES string of the molecule is CCOC(=O)c1ccccc1N1C(=O)CCN(C)C1=O. The highest BCUT2D eigenvalue weighted by atomic mass is 16.5. The Morgan fingerprint density at radius 3 is 2.70 bits per heavy atom. The van der Waals surface area contributed by atoms with Crippen LogP contribution in [-0.2, 0) is 9.53 Å². The maximum Gasteiger partial charge on any atom is 0.340 e. The zero-order valence-corrected chi connectivity index (χ0v) is 11.5. The monoisotopic (exact) mass is 276 g/mol. The molecule has 0 radical (unpaired) electrons. The van der Waals surface area contributed by atoms with Crippen molar-refractivity contribution in [2.45, 2.75) is 13.3 Å². The van der Waals surface area contributed by atoms with Crippen LogP contribution >= 0.6 is 0 Å². The van der Waals surface area contributed by atoms with Crippen molar-refractivity contribution in [2.75, 3.05) is 25.1 Å².